The van der Waals surface area contributed by atoms with Gasteiger partial charge in [-0.25, -0.2) is 14.2 Å². The highest BCUT2D eigenvalue weighted by atomic mass is 79.9. The Hall–Kier alpha value is -4.11. The van der Waals surface area contributed by atoms with Gasteiger partial charge >= 0.3 is 5.63 Å². The van der Waals surface area contributed by atoms with E-state index in [-0.39, 0.29) is 22.3 Å². The van der Waals surface area contributed by atoms with Crippen LogP contribution in [0.25, 0.3) is 33.3 Å². The predicted octanol–water partition coefficient (Wildman–Crippen LogP) is 4.46. The fourth-order valence-corrected chi connectivity index (χ4v) is 3.85. The summed E-state index contributed by atoms with van der Waals surface area (Å²) >= 11 is 3.33. The summed E-state index contributed by atoms with van der Waals surface area (Å²) in [4.78, 5) is 43.1. The van der Waals surface area contributed by atoms with E-state index >= 15 is 0 Å². The number of fused-ring (bicyclic) bond motifs is 2. The van der Waals surface area contributed by atoms with E-state index in [4.69, 9.17) is 4.42 Å². The van der Waals surface area contributed by atoms with Crippen LogP contribution in [0, 0.1) is 5.82 Å². The molecule has 0 saturated heterocycles. The molecule has 0 spiro atoms. The van der Waals surface area contributed by atoms with Crippen molar-refractivity contribution in [3.05, 3.63) is 109 Å². The lowest BCUT2D eigenvalue weighted by Gasteiger charge is -2.15. The summed E-state index contributed by atoms with van der Waals surface area (Å²) in [5.41, 5.74) is 1.22. The number of halogens is 2. The van der Waals surface area contributed by atoms with Crippen molar-refractivity contribution >= 4 is 43.7 Å². The Kier molecular flexibility index (Phi) is 5.10. The zero-order valence-corrected chi connectivity index (χ0v) is 18.3. The van der Waals surface area contributed by atoms with Crippen LogP contribution in [0.4, 0.5) is 4.39 Å². The van der Waals surface area contributed by atoms with E-state index in [0.717, 1.165) is 9.15 Å². The molecular weight excluding hydrogens is 493 g/mol. The lowest BCUT2D eigenvalue weighted by atomic mass is 10.1. The van der Waals surface area contributed by atoms with Crippen molar-refractivity contribution in [2.24, 2.45) is 0 Å². The standard InChI is InChI=1S/C24H13BrFN3O4/c25-14-9-10-20-13(11-14)12-17(24(32)33-20)22(30)28-29-21(15-5-1-3-7-18(15)26)27-19-8-4-2-6-16(19)23(29)31/h1-12H,(H,28,30). The summed E-state index contributed by atoms with van der Waals surface area (Å²) in [6, 6.07) is 18.6. The topological polar surface area (TPSA) is 94.2 Å². The molecule has 0 aliphatic heterocycles. The molecule has 0 aliphatic rings. The van der Waals surface area contributed by atoms with E-state index in [1.165, 1.54) is 24.3 Å². The van der Waals surface area contributed by atoms with Gasteiger partial charge in [0, 0.05) is 9.86 Å². The van der Waals surface area contributed by atoms with Crippen molar-refractivity contribution in [2.75, 3.05) is 5.43 Å². The number of para-hydroxylation sites is 1. The highest BCUT2D eigenvalue weighted by Crippen LogP contribution is 2.22. The largest absolute Gasteiger partial charge is 0.422 e. The molecule has 0 atom stereocenters. The van der Waals surface area contributed by atoms with Gasteiger partial charge in [0.2, 0.25) is 0 Å². The van der Waals surface area contributed by atoms with Gasteiger partial charge in [0.15, 0.2) is 5.82 Å². The molecule has 7 nitrogen and oxygen atoms in total. The molecule has 2 heterocycles. The molecule has 0 fully saturated rings. The number of rotatable bonds is 3. The monoisotopic (exact) mass is 505 g/mol. The summed E-state index contributed by atoms with van der Waals surface area (Å²) in [5.74, 6) is -1.64. The van der Waals surface area contributed by atoms with Crippen molar-refractivity contribution in [1.82, 2.24) is 9.66 Å². The molecule has 9 heteroatoms. The number of nitrogens with one attached hydrogen (secondary N) is 1. The van der Waals surface area contributed by atoms with Crippen molar-refractivity contribution < 1.29 is 13.6 Å². The first-order chi connectivity index (χ1) is 15.9. The van der Waals surface area contributed by atoms with Crippen LogP contribution in [0.2, 0.25) is 0 Å². The first-order valence-electron chi connectivity index (χ1n) is 9.74. The Morgan fingerprint density at radius 3 is 2.58 bits per heavy atom. The Balaban J connectivity index is 1.69. The van der Waals surface area contributed by atoms with Crippen LogP contribution in [-0.2, 0) is 0 Å². The lowest BCUT2D eigenvalue weighted by Crippen LogP contribution is -2.36. The number of carbonyl (C=O) groups is 1. The Bertz CT molecular complexity index is 1690. The van der Waals surface area contributed by atoms with Crippen LogP contribution >= 0.6 is 15.9 Å². The summed E-state index contributed by atoms with van der Waals surface area (Å²) in [6.07, 6.45) is 0. The van der Waals surface area contributed by atoms with Crippen LogP contribution in [0.1, 0.15) is 10.4 Å². The van der Waals surface area contributed by atoms with Gasteiger partial charge in [0.25, 0.3) is 11.5 Å². The predicted molar refractivity (Wildman–Crippen MR) is 125 cm³/mol. The second-order valence-corrected chi connectivity index (χ2v) is 8.06. The Labute approximate surface area is 193 Å². The Morgan fingerprint density at radius 1 is 1.00 bits per heavy atom. The van der Waals surface area contributed by atoms with Gasteiger partial charge in [-0.05, 0) is 48.5 Å². The maximum atomic E-state index is 14.6. The van der Waals surface area contributed by atoms with Gasteiger partial charge in [-0.15, -0.1) is 0 Å². The van der Waals surface area contributed by atoms with Gasteiger partial charge in [0.1, 0.15) is 17.0 Å². The van der Waals surface area contributed by atoms with Gasteiger partial charge in [0.05, 0.1) is 16.5 Å². The van der Waals surface area contributed by atoms with Crippen molar-refractivity contribution in [1.29, 1.82) is 0 Å². The number of amides is 1. The number of hydrogen-bond donors (Lipinski definition) is 1. The van der Waals surface area contributed by atoms with Crippen molar-refractivity contribution in [2.45, 2.75) is 0 Å². The first-order valence-corrected chi connectivity index (χ1v) is 10.5. The third kappa shape index (κ3) is 3.72. The minimum atomic E-state index is -0.901. The zero-order chi connectivity index (χ0) is 23.1. The number of benzene rings is 3. The van der Waals surface area contributed by atoms with Crippen molar-refractivity contribution in [3.63, 3.8) is 0 Å². The minimum Gasteiger partial charge on any atom is -0.422 e. The molecule has 1 amide bonds. The van der Waals surface area contributed by atoms with Gasteiger partial charge in [-0.2, -0.15) is 4.68 Å². The van der Waals surface area contributed by atoms with Gasteiger partial charge in [-0.3, -0.25) is 15.0 Å². The molecule has 162 valence electrons. The van der Waals surface area contributed by atoms with Crippen LogP contribution in [0.15, 0.2) is 91.3 Å². The second-order valence-electron chi connectivity index (χ2n) is 7.14. The average molecular weight is 506 g/mol. The first kappa shape index (κ1) is 20.8. The fraction of sp³-hybridized carbons (Fsp3) is 0. The summed E-state index contributed by atoms with van der Waals surface area (Å²) in [7, 11) is 0. The minimum absolute atomic E-state index is 0.00938. The molecule has 3 aromatic carbocycles. The molecule has 0 radical (unpaired) electrons. The van der Waals surface area contributed by atoms with Gasteiger partial charge in [-0.1, -0.05) is 40.2 Å². The summed E-state index contributed by atoms with van der Waals surface area (Å²) in [6.45, 7) is 0. The smallest absolute Gasteiger partial charge is 0.349 e. The fourth-order valence-electron chi connectivity index (χ4n) is 3.47. The van der Waals surface area contributed by atoms with Crippen molar-refractivity contribution in [3.8, 4) is 11.4 Å². The zero-order valence-electron chi connectivity index (χ0n) is 16.7. The molecule has 0 unspecified atom stereocenters. The maximum absolute atomic E-state index is 14.6. The van der Waals surface area contributed by atoms with Crippen LogP contribution in [0.5, 0.6) is 0 Å². The molecule has 5 aromatic rings. The summed E-state index contributed by atoms with van der Waals surface area (Å²) in [5, 5.41) is 0.722. The SMILES string of the molecule is O=C(Nn1c(-c2ccccc2F)nc2ccccc2c1=O)c1cc2cc(Br)ccc2oc1=O. The van der Waals surface area contributed by atoms with Crippen LogP contribution < -0.4 is 16.6 Å². The summed E-state index contributed by atoms with van der Waals surface area (Å²) < 4.78 is 21.4. The highest BCUT2D eigenvalue weighted by molar-refractivity contribution is 9.10. The van der Waals surface area contributed by atoms with E-state index in [9.17, 15) is 18.8 Å². The van der Waals surface area contributed by atoms with Crippen LogP contribution in [0.3, 0.4) is 0 Å². The average Bonchev–Trinajstić information content (AvgIpc) is 2.81. The van der Waals surface area contributed by atoms with E-state index in [1.807, 2.05) is 0 Å². The highest BCUT2D eigenvalue weighted by Gasteiger charge is 2.20. The van der Waals surface area contributed by atoms with Gasteiger partial charge < -0.3 is 4.42 Å². The normalized spacial score (nSPS) is 11.1. The quantitative estimate of drug-likeness (QED) is 0.365. The molecule has 0 bridgehead atoms. The lowest BCUT2D eigenvalue weighted by molar-refractivity contribution is 0.100. The number of nitrogens with zero attached hydrogens (tertiary/aromatic N) is 2. The molecule has 33 heavy (non-hydrogen) atoms. The Morgan fingerprint density at radius 2 is 1.76 bits per heavy atom. The van der Waals surface area contributed by atoms with E-state index in [0.29, 0.717) is 16.5 Å². The number of aromatic nitrogens is 2. The van der Waals surface area contributed by atoms with E-state index < -0.39 is 22.9 Å². The molecule has 2 aromatic heterocycles. The number of carbonyl (C=O) groups excluding carboxylic acids is 1. The molecule has 0 aliphatic carbocycles. The molecule has 1 N–H and O–H groups in total. The van der Waals surface area contributed by atoms with E-state index in [1.54, 1.807) is 48.5 Å². The second kappa shape index (κ2) is 8.10. The third-order valence-corrected chi connectivity index (χ3v) is 5.54. The third-order valence-electron chi connectivity index (χ3n) is 5.04. The number of hydrogen-bond acceptors (Lipinski definition) is 5. The maximum Gasteiger partial charge on any atom is 0.349 e. The molecule has 0 saturated carbocycles. The van der Waals surface area contributed by atoms with Crippen LogP contribution in [-0.4, -0.2) is 15.6 Å². The van der Waals surface area contributed by atoms with E-state index in [2.05, 4.69) is 26.3 Å². The molecular formula is C24H13BrFN3O4. The molecule has 5 rings (SSSR count).